The number of carbonyl (C=O) groups excluding carboxylic acids is 1. The second-order valence-corrected chi connectivity index (χ2v) is 11.1. The summed E-state index contributed by atoms with van der Waals surface area (Å²) in [5, 5.41) is 0. The second-order valence-electron chi connectivity index (χ2n) is 11.1. The number of esters is 1. The Balaban J connectivity index is 1.30. The number of hydrogen-bond donors (Lipinski definition) is 0. The third-order valence-electron chi connectivity index (χ3n) is 8.58. The van der Waals surface area contributed by atoms with Crippen molar-refractivity contribution in [1.29, 1.82) is 0 Å². The molecule has 0 radical (unpaired) electrons. The van der Waals surface area contributed by atoms with Crippen LogP contribution in [-0.2, 0) is 4.79 Å². The predicted octanol–water partition coefficient (Wildman–Crippen LogP) is 9.24. The third-order valence-corrected chi connectivity index (χ3v) is 8.58. The fourth-order valence-electron chi connectivity index (χ4n) is 6.28. The SMILES string of the molecule is CCCCCC1CCC(c2ccc(OC(=O)C3CCC(c4ccc(OCC)c(F)c4)CC3)c(F)c2F)CC1. The fraction of sp³-hybridized carbons (Fsp3) is 0.594. The summed E-state index contributed by atoms with van der Waals surface area (Å²) in [5.41, 5.74) is 1.29. The molecule has 2 fully saturated rings. The van der Waals surface area contributed by atoms with E-state index in [4.69, 9.17) is 9.47 Å². The maximum atomic E-state index is 15.0. The van der Waals surface area contributed by atoms with Crippen LogP contribution >= 0.6 is 0 Å². The van der Waals surface area contributed by atoms with E-state index in [1.807, 2.05) is 13.0 Å². The zero-order valence-electron chi connectivity index (χ0n) is 22.7. The highest BCUT2D eigenvalue weighted by Crippen LogP contribution is 2.41. The van der Waals surface area contributed by atoms with Gasteiger partial charge in [-0.15, -0.1) is 0 Å². The maximum Gasteiger partial charge on any atom is 0.314 e. The highest BCUT2D eigenvalue weighted by Gasteiger charge is 2.31. The van der Waals surface area contributed by atoms with Crippen LogP contribution in [0, 0.1) is 29.3 Å². The third kappa shape index (κ3) is 6.92. The van der Waals surface area contributed by atoms with Gasteiger partial charge in [-0.1, -0.05) is 44.7 Å². The van der Waals surface area contributed by atoms with E-state index in [1.165, 1.54) is 37.8 Å². The van der Waals surface area contributed by atoms with Crippen LogP contribution in [0.5, 0.6) is 11.5 Å². The highest BCUT2D eigenvalue weighted by atomic mass is 19.2. The second kappa shape index (κ2) is 13.5. The molecule has 6 heteroatoms. The van der Waals surface area contributed by atoms with Crippen LogP contribution < -0.4 is 9.47 Å². The first-order valence-electron chi connectivity index (χ1n) is 14.5. The van der Waals surface area contributed by atoms with Gasteiger partial charge in [0.15, 0.2) is 23.1 Å². The Bertz CT molecular complexity index is 1070. The van der Waals surface area contributed by atoms with Crippen molar-refractivity contribution in [2.45, 2.75) is 103 Å². The largest absolute Gasteiger partial charge is 0.491 e. The van der Waals surface area contributed by atoms with E-state index in [1.54, 1.807) is 12.1 Å². The average molecular weight is 531 g/mol. The summed E-state index contributed by atoms with van der Waals surface area (Å²) in [5.74, 6) is -2.50. The minimum Gasteiger partial charge on any atom is -0.491 e. The number of ether oxygens (including phenoxy) is 2. The van der Waals surface area contributed by atoms with E-state index in [0.29, 0.717) is 43.8 Å². The molecule has 2 aliphatic carbocycles. The van der Waals surface area contributed by atoms with Crippen molar-refractivity contribution < 1.29 is 27.4 Å². The lowest BCUT2D eigenvalue weighted by molar-refractivity contribution is -0.140. The molecule has 2 aromatic rings. The molecule has 0 saturated heterocycles. The summed E-state index contributed by atoms with van der Waals surface area (Å²) in [4.78, 5) is 12.8. The summed E-state index contributed by atoms with van der Waals surface area (Å²) in [6.07, 6.45) is 11.3. The zero-order chi connectivity index (χ0) is 27.1. The molecule has 3 nitrogen and oxygen atoms in total. The molecule has 0 amide bonds. The fourth-order valence-corrected chi connectivity index (χ4v) is 6.28. The number of halogens is 3. The molecule has 0 aromatic heterocycles. The van der Waals surface area contributed by atoms with Gasteiger partial charge in [-0.25, -0.2) is 8.78 Å². The molecule has 0 N–H and O–H groups in total. The molecule has 208 valence electrons. The number of benzene rings is 2. The van der Waals surface area contributed by atoms with Crippen LogP contribution in [0.4, 0.5) is 13.2 Å². The predicted molar refractivity (Wildman–Crippen MR) is 143 cm³/mol. The van der Waals surface area contributed by atoms with Gasteiger partial charge in [0, 0.05) is 0 Å². The van der Waals surface area contributed by atoms with Gasteiger partial charge in [-0.2, -0.15) is 4.39 Å². The lowest BCUT2D eigenvalue weighted by atomic mass is 9.77. The Morgan fingerprint density at radius 3 is 2.16 bits per heavy atom. The summed E-state index contributed by atoms with van der Waals surface area (Å²) >= 11 is 0. The molecule has 2 saturated carbocycles. The van der Waals surface area contributed by atoms with Gasteiger partial charge in [-0.3, -0.25) is 4.79 Å². The molecule has 0 spiro atoms. The van der Waals surface area contributed by atoms with E-state index in [2.05, 4.69) is 6.92 Å². The number of carbonyl (C=O) groups is 1. The van der Waals surface area contributed by atoms with Crippen LogP contribution in [-0.4, -0.2) is 12.6 Å². The first-order valence-corrected chi connectivity index (χ1v) is 14.5. The van der Waals surface area contributed by atoms with Crippen LogP contribution in [0.3, 0.4) is 0 Å². The minimum atomic E-state index is -1.07. The van der Waals surface area contributed by atoms with Crippen molar-refractivity contribution >= 4 is 5.97 Å². The van der Waals surface area contributed by atoms with E-state index >= 15 is 4.39 Å². The van der Waals surface area contributed by atoms with Gasteiger partial charge >= 0.3 is 5.97 Å². The molecule has 2 aromatic carbocycles. The van der Waals surface area contributed by atoms with Gasteiger partial charge in [0.05, 0.1) is 12.5 Å². The smallest absolute Gasteiger partial charge is 0.314 e. The Hall–Kier alpha value is -2.50. The first kappa shape index (κ1) is 28.5. The monoisotopic (exact) mass is 530 g/mol. The number of unbranched alkanes of at least 4 members (excludes halogenated alkanes) is 2. The van der Waals surface area contributed by atoms with Crippen molar-refractivity contribution in [3.05, 3.63) is 58.9 Å². The highest BCUT2D eigenvalue weighted by molar-refractivity contribution is 5.75. The van der Waals surface area contributed by atoms with Crippen molar-refractivity contribution in [3.63, 3.8) is 0 Å². The molecule has 4 rings (SSSR count). The minimum absolute atomic E-state index is 0.0133. The van der Waals surface area contributed by atoms with Crippen molar-refractivity contribution in [3.8, 4) is 11.5 Å². The molecule has 2 aliphatic rings. The van der Waals surface area contributed by atoms with Crippen molar-refractivity contribution in [1.82, 2.24) is 0 Å². The van der Waals surface area contributed by atoms with Gasteiger partial charge < -0.3 is 9.47 Å². The summed E-state index contributed by atoms with van der Waals surface area (Å²) in [7, 11) is 0. The molecule has 0 aliphatic heterocycles. The maximum absolute atomic E-state index is 15.0. The quantitative estimate of drug-likeness (QED) is 0.174. The summed E-state index contributed by atoms with van der Waals surface area (Å²) < 4.78 is 54.9. The number of hydrogen-bond acceptors (Lipinski definition) is 3. The Labute approximate surface area is 225 Å². The van der Waals surface area contributed by atoms with Crippen molar-refractivity contribution in [2.24, 2.45) is 11.8 Å². The zero-order valence-corrected chi connectivity index (χ0v) is 22.7. The first-order chi connectivity index (χ1) is 18.4. The molecule has 0 atom stereocenters. The number of rotatable bonds is 10. The van der Waals surface area contributed by atoms with Crippen LogP contribution in [0.2, 0.25) is 0 Å². The van der Waals surface area contributed by atoms with Gasteiger partial charge in [0.25, 0.3) is 0 Å². The Morgan fingerprint density at radius 2 is 1.50 bits per heavy atom. The lowest BCUT2D eigenvalue weighted by Crippen LogP contribution is -2.25. The van der Waals surface area contributed by atoms with Crippen LogP contribution in [0.1, 0.15) is 114 Å². The normalized spacial score (nSPS) is 23.7. The van der Waals surface area contributed by atoms with Crippen LogP contribution in [0.25, 0.3) is 0 Å². The van der Waals surface area contributed by atoms with Crippen LogP contribution in [0.15, 0.2) is 30.3 Å². The summed E-state index contributed by atoms with van der Waals surface area (Å²) in [6, 6.07) is 8.03. The molecule has 38 heavy (non-hydrogen) atoms. The van der Waals surface area contributed by atoms with Gasteiger partial charge in [0.2, 0.25) is 5.82 Å². The van der Waals surface area contributed by atoms with E-state index < -0.39 is 17.6 Å². The Kier molecular flexibility index (Phi) is 10.1. The standard InChI is InChI=1S/C32H41F3O3/c1-3-5-6-7-21-8-10-23(11-9-21)26-17-19-29(31(35)30(26)34)38-32(36)24-14-12-22(13-15-24)25-16-18-28(37-4-2)27(33)20-25/h16-24H,3-15H2,1-2H3. The molecule has 0 bridgehead atoms. The van der Waals surface area contributed by atoms with Gasteiger partial charge in [-0.05, 0) is 105 Å². The van der Waals surface area contributed by atoms with E-state index in [-0.39, 0.29) is 35.1 Å². The van der Waals surface area contributed by atoms with E-state index in [9.17, 15) is 13.6 Å². The topological polar surface area (TPSA) is 35.5 Å². The average Bonchev–Trinajstić information content (AvgIpc) is 2.93. The molecule has 0 unspecified atom stereocenters. The van der Waals surface area contributed by atoms with Gasteiger partial charge in [0.1, 0.15) is 0 Å². The molecular formula is C32H41F3O3. The van der Waals surface area contributed by atoms with E-state index in [0.717, 1.165) is 31.2 Å². The summed E-state index contributed by atoms with van der Waals surface area (Å²) in [6.45, 7) is 4.41. The molecular weight excluding hydrogens is 489 g/mol. The van der Waals surface area contributed by atoms with Crippen molar-refractivity contribution in [2.75, 3.05) is 6.61 Å². The Morgan fingerprint density at radius 1 is 0.816 bits per heavy atom. The molecule has 0 heterocycles. The lowest BCUT2D eigenvalue weighted by Gasteiger charge is -2.29.